The van der Waals surface area contributed by atoms with E-state index < -0.39 is 0 Å². The molecule has 1 N–H and O–H groups in total. The van der Waals surface area contributed by atoms with Crippen LogP contribution in [0.5, 0.6) is 0 Å². The van der Waals surface area contributed by atoms with Crippen LogP contribution in [-0.4, -0.2) is 58.5 Å². The molecule has 0 rings (SSSR count). The maximum absolute atomic E-state index is 11.8. The minimum absolute atomic E-state index is 0.0122. The molecule has 0 aliphatic heterocycles. The summed E-state index contributed by atoms with van der Waals surface area (Å²) in [6.07, 6.45) is 2.34. The van der Waals surface area contributed by atoms with E-state index >= 15 is 0 Å². The second-order valence-corrected chi connectivity index (χ2v) is 8.08. The highest BCUT2D eigenvalue weighted by Gasteiger charge is 2.13. The maximum atomic E-state index is 11.8. The zero-order valence-corrected chi connectivity index (χ0v) is 19.6. The highest BCUT2D eigenvalue weighted by molar-refractivity contribution is 9.09. The summed E-state index contributed by atoms with van der Waals surface area (Å²) in [5, 5.41) is 9.45. The highest BCUT2D eigenvalue weighted by atomic mass is 79.9. The van der Waals surface area contributed by atoms with Crippen LogP contribution in [-0.2, 0) is 33.5 Å². The number of aliphatic hydroxyl groups excluding tert-OH is 1. The number of ether oxygens (including phenoxy) is 1. The lowest BCUT2D eigenvalue weighted by atomic mass is 10.0. The molecule has 9 heteroatoms. The SMILES string of the molecule is O=C(CCO)CCC(=O)CCC(=O)CCC(=O)CCC(=O)CCOC(=O)CCCCBr. The zero-order valence-electron chi connectivity index (χ0n) is 18.0. The lowest BCUT2D eigenvalue weighted by molar-refractivity contribution is -0.144. The standard InChI is InChI=1S/C22H33BrO8/c23-14-2-1-3-22(30)31-16-13-21(29)11-9-19(27)7-5-17(25)4-6-18(26)8-10-20(28)12-15-24/h24H,1-16H2. The normalized spacial score (nSPS) is 10.5. The summed E-state index contributed by atoms with van der Waals surface area (Å²) in [6.45, 7) is -0.227. The Labute approximate surface area is 191 Å². The van der Waals surface area contributed by atoms with Crippen molar-refractivity contribution in [3.8, 4) is 0 Å². The van der Waals surface area contributed by atoms with Gasteiger partial charge in [-0.15, -0.1) is 0 Å². The predicted octanol–water partition coefficient (Wildman–Crippen LogP) is 2.83. The predicted molar refractivity (Wildman–Crippen MR) is 117 cm³/mol. The fourth-order valence-electron chi connectivity index (χ4n) is 2.58. The molecule has 0 unspecified atom stereocenters. The van der Waals surface area contributed by atoms with Crippen LogP contribution in [0.15, 0.2) is 0 Å². The Kier molecular flexibility index (Phi) is 17.9. The van der Waals surface area contributed by atoms with Crippen LogP contribution < -0.4 is 0 Å². The Morgan fingerprint density at radius 3 is 1.32 bits per heavy atom. The molecule has 0 aromatic heterocycles. The Hall–Kier alpha value is -1.74. The van der Waals surface area contributed by atoms with E-state index in [4.69, 9.17) is 9.84 Å². The van der Waals surface area contributed by atoms with Gasteiger partial charge < -0.3 is 9.84 Å². The molecule has 0 aliphatic carbocycles. The fourth-order valence-corrected chi connectivity index (χ4v) is 2.98. The minimum Gasteiger partial charge on any atom is -0.465 e. The third-order valence-electron chi connectivity index (χ3n) is 4.53. The summed E-state index contributed by atoms with van der Waals surface area (Å²) >= 11 is 3.27. The third kappa shape index (κ3) is 18.7. The summed E-state index contributed by atoms with van der Waals surface area (Å²) in [7, 11) is 0. The Bertz CT molecular complexity index is 615. The zero-order chi connectivity index (χ0) is 23.5. The highest BCUT2D eigenvalue weighted by Crippen LogP contribution is 2.07. The number of unbranched alkanes of at least 4 members (excludes halogenated alkanes) is 1. The first-order valence-corrected chi connectivity index (χ1v) is 11.8. The number of esters is 1. The second kappa shape index (κ2) is 19.0. The van der Waals surface area contributed by atoms with Crippen LogP contribution in [0.25, 0.3) is 0 Å². The number of carbonyl (C=O) groups excluding carboxylic acids is 6. The van der Waals surface area contributed by atoms with E-state index in [-0.39, 0.29) is 112 Å². The van der Waals surface area contributed by atoms with Gasteiger partial charge in [0.2, 0.25) is 0 Å². The fraction of sp³-hybridized carbons (Fsp3) is 0.727. The van der Waals surface area contributed by atoms with Crippen molar-refractivity contribution in [2.45, 2.75) is 83.5 Å². The van der Waals surface area contributed by atoms with Crippen molar-refractivity contribution in [3.63, 3.8) is 0 Å². The lowest BCUT2D eigenvalue weighted by Gasteiger charge is -2.04. The van der Waals surface area contributed by atoms with E-state index in [2.05, 4.69) is 15.9 Å². The van der Waals surface area contributed by atoms with E-state index in [0.717, 1.165) is 18.2 Å². The van der Waals surface area contributed by atoms with Crippen molar-refractivity contribution in [3.05, 3.63) is 0 Å². The number of halogens is 1. The van der Waals surface area contributed by atoms with Gasteiger partial charge in [0.15, 0.2) is 0 Å². The average Bonchev–Trinajstić information content (AvgIpc) is 2.73. The van der Waals surface area contributed by atoms with Gasteiger partial charge in [0.25, 0.3) is 0 Å². The third-order valence-corrected chi connectivity index (χ3v) is 5.09. The summed E-state index contributed by atoms with van der Waals surface area (Å²) in [5.74, 6) is -1.30. The van der Waals surface area contributed by atoms with E-state index in [1.165, 1.54) is 0 Å². The monoisotopic (exact) mass is 504 g/mol. The molecule has 0 fully saturated rings. The van der Waals surface area contributed by atoms with Gasteiger partial charge in [-0.05, 0) is 12.8 Å². The topological polar surface area (TPSA) is 132 Å². The number of alkyl halides is 1. The second-order valence-electron chi connectivity index (χ2n) is 7.28. The van der Waals surface area contributed by atoms with Gasteiger partial charge in [-0.25, -0.2) is 0 Å². The van der Waals surface area contributed by atoms with Crippen molar-refractivity contribution in [2.75, 3.05) is 18.5 Å². The van der Waals surface area contributed by atoms with Gasteiger partial charge in [-0.1, -0.05) is 15.9 Å². The van der Waals surface area contributed by atoms with Crippen molar-refractivity contribution in [1.29, 1.82) is 0 Å². The Morgan fingerprint density at radius 1 is 0.548 bits per heavy atom. The van der Waals surface area contributed by atoms with Crippen LogP contribution >= 0.6 is 15.9 Å². The number of hydrogen-bond acceptors (Lipinski definition) is 8. The number of Topliss-reactive ketones (excluding diaryl/α,β-unsaturated/α-hetero) is 5. The molecule has 0 heterocycles. The first-order chi connectivity index (χ1) is 14.8. The molecule has 0 aliphatic rings. The quantitative estimate of drug-likeness (QED) is 0.143. The molecule has 31 heavy (non-hydrogen) atoms. The Balaban J connectivity index is 3.80. The first-order valence-electron chi connectivity index (χ1n) is 10.7. The number of carbonyl (C=O) groups is 6. The Morgan fingerprint density at radius 2 is 0.935 bits per heavy atom. The molecular formula is C22H33BrO8. The van der Waals surface area contributed by atoms with Crippen LogP contribution in [0.3, 0.4) is 0 Å². The van der Waals surface area contributed by atoms with Gasteiger partial charge in [0.1, 0.15) is 28.9 Å². The maximum Gasteiger partial charge on any atom is 0.305 e. The van der Waals surface area contributed by atoms with Gasteiger partial charge in [0, 0.05) is 82.6 Å². The molecule has 0 amide bonds. The van der Waals surface area contributed by atoms with E-state index in [9.17, 15) is 28.8 Å². The van der Waals surface area contributed by atoms with Gasteiger partial charge in [-0.2, -0.15) is 0 Å². The van der Waals surface area contributed by atoms with Gasteiger partial charge in [-0.3, -0.25) is 28.8 Å². The molecule has 0 spiro atoms. The molecule has 0 aromatic rings. The van der Waals surface area contributed by atoms with Crippen LogP contribution in [0.4, 0.5) is 0 Å². The van der Waals surface area contributed by atoms with Crippen LogP contribution in [0, 0.1) is 0 Å². The molecule has 176 valence electrons. The largest absolute Gasteiger partial charge is 0.465 e. The molecule has 0 atom stereocenters. The lowest BCUT2D eigenvalue weighted by Crippen LogP contribution is -2.12. The van der Waals surface area contributed by atoms with Gasteiger partial charge >= 0.3 is 5.97 Å². The molecule has 0 bridgehead atoms. The number of ketones is 5. The van der Waals surface area contributed by atoms with Gasteiger partial charge in [0.05, 0.1) is 6.61 Å². The first kappa shape index (κ1) is 29.3. The van der Waals surface area contributed by atoms with Crippen LogP contribution in [0.2, 0.25) is 0 Å². The molecular weight excluding hydrogens is 472 g/mol. The van der Waals surface area contributed by atoms with E-state index in [1.54, 1.807) is 0 Å². The van der Waals surface area contributed by atoms with Crippen molar-refractivity contribution >= 4 is 50.8 Å². The summed E-state index contributed by atoms with van der Waals surface area (Å²) < 4.78 is 4.97. The molecule has 8 nitrogen and oxygen atoms in total. The van der Waals surface area contributed by atoms with Crippen LogP contribution in [0.1, 0.15) is 83.5 Å². The average molecular weight is 505 g/mol. The molecule has 0 saturated heterocycles. The summed E-state index contributed by atoms with van der Waals surface area (Å²) in [5.41, 5.74) is 0. The van der Waals surface area contributed by atoms with E-state index in [1.807, 2.05) is 0 Å². The van der Waals surface area contributed by atoms with Crippen molar-refractivity contribution in [2.24, 2.45) is 0 Å². The number of aliphatic hydroxyl groups is 1. The van der Waals surface area contributed by atoms with Crippen molar-refractivity contribution < 1.29 is 38.6 Å². The number of rotatable bonds is 21. The molecule has 0 saturated carbocycles. The van der Waals surface area contributed by atoms with Crippen molar-refractivity contribution in [1.82, 2.24) is 0 Å². The summed E-state index contributed by atoms with van der Waals surface area (Å²) in [6, 6.07) is 0. The number of hydrogen-bond donors (Lipinski definition) is 1. The van der Waals surface area contributed by atoms with E-state index in [0.29, 0.717) is 6.42 Å². The minimum atomic E-state index is -0.335. The smallest absolute Gasteiger partial charge is 0.305 e. The summed E-state index contributed by atoms with van der Waals surface area (Å²) in [4.78, 5) is 69.7. The molecule has 0 radical (unpaired) electrons. The molecule has 0 aromatic carbocycles.